The molecule has 0 bridgehead atoms. The summed E-state index contributed by atoms with van der Waals surface area (Å²) < 4.78 is 5.94. The Labute approximate surface area is 110 Å². The molecule has 0 heterocycles. The largest absolute Gasteiger partial charge is 0.481 e. The van der Waals surface area contributed by atoms with Gasteiger partial charge < -0.3 is 9.84 Å². The van der Waals surface area contributed by atoms with E-state index in [1.807, 2.05) is 12.1 Å². The standard InChI is InChI=1S/C13H17BrO3/c1-4-13(2,3)9-5-6-11(10(14)7-9)17-8-12(15)16/h5-7H,4,8H2,1-3H3,(H,15,16). The summed E-state index contributed by atoms with van der Waals surface area (Å²) in [5, 5.41) is 8.55. The SMILES string of the molecule is CCC(C)(C)c1ccc(OCC(=O)O)c(Br)c1. The number of hydrogen-bond donors (Lipinski definition) is 1. The van der Waals surface area contributed by atoms with Crippen molar-refractivity contribution in [2.75, 3.05) is 6.61 Å². The molecule has 0 aliphatic carbocycles. The second kappa shape index (κ2) is 5.54. The van der Waals surface area contributed by atoms with E-state index >= 15 is 0 Å². The smallest absolute Gasteiger partial charge is 0.341 e. The van der Waals surface area contributed by atoms with E-state index in [1.54, 1.807) is 6.07 Å². The molecule has 1 aromatic rings. The Kier molecular flexibility index (Phi) is 4.57. The Morgan fingerprint density at radius 1 is 1.47 bits per heavy atom. The quantitative estimate of drug-likeness (QED) is 0.904. The average Bonchev–Trinajstić information content (AvgIpc) is 2.27. The molecule has 0 amide bonds. The van der Waals surface area contributed by atoms with Gasteiger partial charge in [0.25, 0.3) is 0 Å². The number of benzene rings is 1. The predicted octanol–water partition coefficient (Wildman–Crippen LogP) is 3.60. The topological polar surface area (TPSA) is 46.5 Å². The fraction of sp³-hybridized carbons (Fsp3) is 0.462. The summed E-state index contributed by atoms with van der Waals surface area (Å²) >= 11 is 3.40. The zero-order chi connectivity index (χ0) is 13.1. The first kappa shape index (κ1) is 14.0. The van der Waals surface area contributed by atoms with Crippen molar-refractivity contribution in [3.05, 3.63) is 28.2 Å². The van der Waals surface area contributed by atoms with E-state index in [1.165, 1.54) is 5.56 Å². The maximum atomic E-state index is 10.4. The van der Waals surface area contributed by atoms with E-state index in [2.05, 4.69) is 36.7 Å². The van der Waals surface area contributed by atoms with Gasteiger partial charge in [-0.15, -0.1) is 0 Å². The molecule has 0 aromatic heterocycles. The van der Waals surface area contributed by atoms with Crippen LogP contribution in [-0.4, -0.2) is 17.7 Å². The molecule has 0 unspecified atom stereocenters. The minimum absolute atomic E-state index is 0.105. The van der Waals surface area contributed by atoms with Crippen LogP contribution in [0.2, 0.25) is 0 Å². The van der Waals surface area contributed by atoms with Gasteiger partial charge >= 0.3 is 5.97 Å². The minimum Gasteiger partial charge on any atom is -0.481 e. The molecule has 4 heteroatoms. The number of carboxylic acids is 1. The van der Waals surface area contributed by atoms with Gasteiger partial charge in [0.05, 0.1) is 4.47 Å². The van der Waals surface area contributed by atoms with Gasteiger partial charge in [0.1, 0.15) is 5.75 Å². The molecule has 1 rings (SSSR count). The van der Waals surface area contributed by atoms with Crippen LogP contribution in [0.25, 0.3) is 0 Å². The summed E-state index contributed by atoms with van der Waals surface area (Å²) in [7, 11) is 0. The molecule has 0 saturated heterocycles. The Bertz CT molecular complexity index is 413. The van der Waals surface area contributed by atoms with Gasteiger partial charge in [0.2, 0.25) is 0 Å². The maximum Gasteiger partial charge on any atom is 0.341 e. The van der Waals surface area contributed by atoms with Gasteiger partial charge in [0, 0.05) is 0 Å². The van der Waals surface area contributed by atoms with E-state index in [4.69, 9.17) is 9.84 Å². The van der Waals surface area contributed by atoms with Crippen LogP contribution in [0.3, 0.4) is 0 Å². The second-order valence-corrected chi connectivity index (χ2v) is 5.42. The van der Waals surface area contributed by atoms with Gasteiger partial charge in [-0.1, -0.05) is 26.8 Å². The molecule has 0 spiro atoms. The van der Waals surface area contributed by atoms with Crippen molar-refractivity contribution in [2.45, 2.75) is 32.6 Å². The summed E-state index contributed by atoms with van der Waals surface area (Å²) in [6, 6.07) is 5.77. The van der Waals surface area contributed by atoms with E-state index in [0.29, 0.717) is 5.75 Å². The normalized spacial score (nSPS) is 11.3. The molecule has 0 saturated carbocycles. The van der Waals surface area contributed by atoms with Crippen LogP contribution in [0.15, 0.2) is 22.7 Å². The lowest BCUT2D eigenvalue weighted by Gasteiger charge is -2.24. The summed E-state index contributed by atoms with van der Waals surface area (Å²) in [4.78, 5) is 10.4. The van der Waals surface area contributed by atoms with Crippen molar-refractivity contribution in [2.24, 2.45) is 0 Å². The number of aliphatic carboxylic acids is 1. The third kappa shape index (κ3) is 3.73. The maximum absolute atomic E-state index is 10.4. The van der Waals surface area contributed by atoms with Crippen molar-refractivity contribution in [3.63, 3.8) is 0 Å². The third-order valence-corrected chi connectivity index (χ3v) is 3.57. The molecule has 0 fully saturated rings. The highest BCUT2D eigenvalue weighted by molar-refractivity contribution is 9.10. The fourth-order valence-corrected chi connectivity index (χ4v) is 1.88. The van der Waals surface area contributed by atoms with Gasteiger partial charge in [0.15, 0.2) is 6.61 Å². The average molecular weight is 301 g/mol. The second-order valence-electron chi connectivity index (χ2n) is 4.57. The van der Waals surface area contributed by atoms with Crippen molar-refractivity contribution >= 4 is 21.9 Å². The Hall–Kier alpha value is -1.03. The number of halogens is 1. The van der Waals surface area contributed by atoms with Crippen LogP contribution >= 0.6 is 15.9 Å². The molecular formula is C13H17BrO3. The summed E-state index contributed by atoms with van der Waals surface area (Å²) in [6.45, 7) is 6.16. The number of hydrogen-bond acceptors (Lipinski definition) is 2. The fourth-order valence-electron chi connectivity index (χ4n) is 1.38. The van der Waals surface area contributed by atoms with Crippen LogP contribution in [0.4, 0.5) is 0 Å². The molecule has 0 aliphatic heterocycles. The first-order valence-electron chi connectivity index (χ1n) is 5.51. The Balaban J connectivity index is 2.90. The zero-order valence-electron chi connectivity index (χ0n) is 10.3. The van der Waals surface area contributed by atoms with Gasteiger partial charge in [-0.25, -0.2) is 4.79 Å². The Morgan fingerprint density at radius 2 is 2.12 bits per heavy atom. The number of rotatable bonds is 5. The molecule has 94 valence electrons. The van der Waals surface area contributed by atoms with Crippen LogP contribution < -0.4 is 4.74 Å². The predicted molar refractivity (Wildman–Crippen MR) is 70.6 cm³/mol. The zero-order valence-corrected chi connectivity index (χ0v) is 11.9. The van der Waals surface area contributed by atoms with E-state index < -0.39 is 5.97 Å². The molecule has 0 atom stereocenters. The first-order chi connectivity index (χ1) is 7.86. The Morgan fingerprint density at radius 3 is 2.59 bits per heavy atom. The highest BCUT2D eigenvalue weighted by atomic mass is 79.9. The van der Waals surface area contributed by atoms with Crippen LogP contribution in [0, 0.1) is 0 Å². The van der Waals surface area contributed by atoms with Crippen LogP contribution in [0.1, 0.15) is 32.8 Å². The van der Waals surface area contributed by atoms with E-state index in [-0.39, 0.29) is 12.0 Å². The molecule has 0 aliphatic rings. The number of carbonyl (C=O) groups is 1. The van der Waals surface area contributed by atoms with Crippen LogP contribution in [0.5, 0.6) is 5.75 Å². The van der Waals surface area contributed by atoms with E-state index in [0.717, 1.165) is 10.9 Å². The highest BCUT2D eigenvalue weighted by Gasteiger charge is 2.19. The lowest BCUT2D eigenvalue weighted by molar-refractivity contribution is -0.139. The van der Waals surface area contributed by atoms with E-state index in [9.17, 15) is 4.79 Å². The van der Waals surface area contributed by atoms with Gasteiger partial charge in [-0.3, -0.25) is 0 Å². The lowest BCUT2D eigenvalue weighted by atomic mass is 9.82. The van der Waals surface area contributed by atoms with Crippen molar-refractivity contribution < 1.29 is 14.6 Å². The molecule has 17 heavy (non-hydrogen) atoms. The monoisotopic (exact) mass is 300 g/mol. The van der Waals surface area contributed by atoms with Crippen molar-refractivity contribution in [1.82, 2.24) is 0 Å². The van der Waals surface area contributed by atoms with Crippen molar-refractivity contribution in [1.29, 1.82) is 0 Å². The number of carboxylic acid groups (broad SMARTS) is 1. The highest BCUT2D eigenvalue weighted by Crippen LogP contribution is 2.33. The summed E-state index contributed by atoms with van der Waals surface area (Å²) in [5.41, 5.74) is 1.31. The number of ether oxygens (including phenoxy) is 1. The lowest BCUT2D eigenvalue weighted by Crippen LogP contribution is -2.15. The van der Waals surface area contributed by atoms with Crippen LogP contribution in [-0.2, 0) is 10.2 Å². The summed E-state index contributed by atoms with van der Waals surface area (Å²) in [5.74, 6) is -0.419. The molecule has 1 aromatic carbocycles. The van der Waals surface area contributed by atoms with Gasteiger partial charge in [-0.05, 0) is 45.5 Å². The summed E-state index contributed by atoms with van der Waals surface area (Å²) in [6.07, 6.45) is 1.04. The van der Waals surface area contributed by atoms with Crippen molar-refractivity contribution in [3.8, 4) is 5.75 Å². The first-order valence-corrected chi connectivity index (χ1v) is 6.30. The molecular weight excluding hydrogens is 284 g/mol. The minimum atomic E-state index is -0.977. The third-order valence-electron chi connectivity index (χ3n) is 2.95. The molecule has 3 nitrogen and oxygen atoms in total. The molecule has 0 radical (unpaired) electrons. The molecule has 1 N–H and O–H groups in total. The van der Waals surface area contributed by atoms with Gasteiger partial charge in [-0.2, -0.15) is 0 Å².